The smallest absolute Gasteiger partial charge is 0.184 e. The summed E-state index contributed by atoms with van der Waals surface area (Å²) in [5, 5.41) is 2.13. The minimum absolute atomic E-state index is 0.587. The molecule has 0 bridgehead atoms. The zero-order valence-corrected chi connectivity index (χ0v) is 11.8. The van der Waals surface area contributed by atoms with Gasteiger partial charge in [-0.05, 0) is 12.8 Å². The van der Waals surface area contributed by atoms with Gasteiger partial charge in [0.15, 0.2) is 4.80 Å². The van der Waals surface area contributed by atoms with E-state index in [0.29, 0.717) is 5.88 Å². The number of alkyl halides is 1. The Morgan fingerprint density at radius 1 is 1.31 bits per heavy atom. The highest BCUT2D eigenvalue weighted by molar-refractivity contribution is 7.07. The third-order valence-electron chi connectivity index (χ3n) is 2.51. The highest BCUT2D eigenvalue weighted by Gasteiger charge is 2.03. The van der Waals surface area contributed by atoms with E-state index in [2.05, 4.69) is 28.8 Å². The molecular formula is C12H21ClN2S. The van der Waals surface area contributed by atoms with Gasteiger partial charge in [0, 0.05) is 24.2 Å². The number of aromatic nitrogens is 1. The number of hydrogen-bond acceptors (Lipinski definition) is 2. The van der Waals surface area contributed by atoms with Crippen LogP contribution < -0.4 is 4.80 Å². The Morgan fingerprint density at radius 3 is 2.69 bits per heavy atom. The molecule has 4 heteroatoms. The summed E-state index contributed by atoms with van der Waals surface area (Å²) in [6.45, 7) is 6.39. The first-order valence-electron chi connectivity index (χ1n) is 6.07. The van der Waals surface area contributed by atoms with Crippen LogP contribution in [0.5, 0.6) is 0 Å². The predicted octanol–water partition coefficient (Wildman–Crippen LogP) is 3.79. The third-order valence-corrected chi connectivity index (χ3v) is 3.73. The molecule has 0 saturated carbocycles. The second-order valence-electron chi connectivity index (χ2n) is 3.88. The van der Waals surface area contributed by atoms with Gasteiger partial charge < -0.3 is 4.57 Å². The molecule has 0 radical (unpaired) electrons. The fourth-order valence-electron chi connectivity index (χ4n) is 1.49. The molecule has 1 heterocycles. The van der Waals surface area contributed by atoms with Crippen molar-refractivity contribution >= 4 is 22.9 Å². The largest absolute Gasteiger partial charge is 0.320 e. The SMILES string of the molecule is CCCCN=c1scc(CCl)n1CCCC. The van der Waals surface area contributed by atoms with Crippen LogP contribution in [0, 0.1) is 0 Å². The summed E-state index contributed by atoms with van der Waals surface area (Å²) in [5.41, 5.74) is 1.20. The van der Waals surface area contributed by atoms with Crippen LogP contribution in [0.25, 0.3) is 0 Å². The van der Waals surface area contributed by atoms with Crippen LogP contribution >= 0.6 is 22.9 Å². The number of halogens is 1. The van der Waals surface area contributed by atoms with Crippen LogP contribution in [0.2, 0.25) is 0 Å². The topological polar surface area (TPSA) is 17.3 Å². The Labute approximate surface area is 107 Å². The van der Waals surface area contributed by atoms with E-state index in [9.17, 15) is 0 Å². The lowest BCUT2D eigenvalue weighted by molar-refractivity contribution is 0.597. The molecule has 0 saturated heterocycles. The van der Waals surface area contributed by atoms with Gasteiger partial charge in [0.2, 0.25) is 0 Å². The fraction of sp³-hybridized carbons (Fsp3) is 0.750. The first kappa shape index (κ1) is 13.8. The number of hydrogen-bond donors (Lipinski definition) is 0. The second kappa shape index (κ2) is 7.91. The van der Waals surface area contributed by atoms with Crippen molar-refractivity contribution in [3.8, 4) is 0 Å². The van der Waals surface area contributed by atoms with Gasteiger partial charge in [-0.3, -0.25) is 4.99 Å². The van der Waals surface area contributed by atoms with Gasteiger partial charge in [-0.15, -0.1) is 22.9 Å². The van der Waals surface area contributed by atoms with E-state index in [1.165, 1.54) is 31.4 Å². The molecule has 0 amide bonds. The summed E-state index contributed by atoms with van der Waals surface area (Å²) in [5.74, 6) is 0.587. The Hall–Kier alpha value is -0.280. The highest BCUT2D eigenvalue weighted by atomic mass is 35.5. The van der Waals surface area contributed by atoms with Crippen LogP contribution in [0.4, 0.5) is 0 Å². The maximum Gasteiger partial charge on any atom is 0.184 e. The molecule has 0 N–H and O–H groups in total. The molecule has 0 fully saturated rings. The molecule has 0 spiro atoms. The first-order chi connectivity index (χ1) is 7.83. The molecule has 92 valence electrons. The van der Waals surface area contributed by atoms with E-state index in [0.717, 1.165) is 17.9 Å². The Balaban J connectivity index is 2.81. The molecule has 16 heavy (non-hydrogen) atoms. The summed E-state index contributed by atoms with van der Waals surface area (Å²) < 4.78 is 2.27. The van der Waals surface area contributed by atoms with Gasteiger partial charge >= 0.3 is 0 Å². The Bertz CT molecular complexity index is 354. The number of thiazole rings is 1. The molecule has 1 rings (SSSR count). The second-order valence-corrected chi connectivity index (χ2v) is 4.99. The van der Waals surface area contributed by atoms with Gasteiger partial charge in [0.05, 0.1) is 5.88 Å². The average molecular weight is 261 g/mol. The lowest BCUT2D eigenvalue weighted by Gasteiger charge is -2.05. The molecule has 0 unspecified atom stereocenters. The van der Waals surface area contributed by atoms with Gasteiger partial charge in [-0.25, -0.2) is 0 Å². The lowest BCUT2D eigenvalue weighted by atomic mass is 10.3. The van der Waals surface area contributed by atoms with E-state index in [1.54, 1.807) is 11.3 Å². The normalized spacial score (nSPS) is 12.3. The number of unbranched alkanes of at least 4 members (excludes halogenated alkanes) is 2. The van der Waals surface area contributed by atoms with E-state index in [1.807, 2.05) is 0 Å². The van der Waals surface area contributed by atoms with Gasteiger partial charge in [0.1, 0.15) is 0 Å². The van der Waals surface area contributed by atoms with E-state index >= 15 is 0 Å². The standard InChI is InChI=1S/C12H21ClN2S/c1-3-5-7-14-12-15(8-6-4-2)11(9-13)10-16-12/h10H,3-9H2,1-2H3. The summed E-state index contributed by atoms with van der Waals surface area (Å²) in [6, 6.07) is 0. The van der Waals surface area contributed by atoms with Crippen LogP contribution in [0.1, 0.15) is 45.2 Å². The number of rotatable bonds is 7. The van der Waals surface area contributed by atoms with E-state index in [4.69, 9.17) is 11.6 Å². The average Bonchev–Trinajstić information content (AvgIpc) is 2.69. The molecule has 0 aliphatic carbocycles. The number of nitrogens with zero attached hydrogens (tertiary/aromatic N) is 2. The zero-order chi connectivity index (χ0) is 11.8. The molecule has 0 aliphatic rings. The van der Waals surface area contributed by atoms with E-state index in [-0.39, 0.29) is 0 Å². The maximum absolute atomic E-state index is 5.93. The molecule has 1 aromatic rings. The van der Waals surface area contributed by atoms with Crippen molar-refractivity contribution in [1.82, 2.24) is 4.57 Å². The molecule has 0 atom stereocenters. The molecule has 1 aromatic heterocycles. The van der Waals surface area contributed by atoms with Crippen LogP contribution in [-0.2, 0) is 12.4 Å². The van der Waals surface area contributed by atoms with Crippen molar-refractivity contribution in [2.45, 2.75) is 52.0 Å². The van der Waals surface area contributed by atoms with Crippen LogP contribution in [0.15, 0.2) is 10.4 Å². The van der Waals surface area contributed by atoms with Crippen molar-refractivity contribution in [3.05, 3.63) is 15.9 Å². The van der Waals surface area contributed by atoms with Gasteiger partial charge in [0.25, 0.3) is 0 Å². The highest BCUT2D eigenvalue weighted by Crippen LogP contribution is 2.07. The summed E-state index contributed by atoms with van der Waals surface area (Å²) in [6.07, 6.45) is 4.77. The maximum atomic E-state index is 5.93. The minimum atomic E-state index is 0.587. The van der Waals surface area contributed by atoms with Gasteiger partial charge in [-0.1, -0.05) is 26.7 Å². The van der Waals surface area contributed by atoms with Crippen molar-refractivity contribution in [2.75, 3.05) is 6.54 Å². The predicted molar refractivity (Wildman–Crippen MR) is 72.1 cm³/mol. The van der Waals surface area contributed by atoms with Crippen LogP contribution in [0.3, 0.4) is 0 Å². The molecule has 0 aromatic carbocycles. The van der Waals surface area contributed by atoms with Crippen molar-refractivity contribution in [2.24, 2.45) is 4.99 Å². The first-order valence-corrected chi connectivity index (χ1v) is 7.48. The quantitative estimate of drug-likeness (QED) is 0.524. The summed E-state index contributed by atoms with van der Waals surface area (Å²) >= 11 is 7.64. The lowest BCUT2D eigenvalue weighted by Crippen LogP contribution is -2.17. The molecule has 2 nitrogen and oxygen atoms in total. The minimum Gasteiger partial charge on any atom is -0.320 e. The van der Waals surface area contributed by atoms with Crippen molar-refractivity contribution in [3.63, 3.8) is 0 Å². The zero-order valence-electron chi connectivity index (χ0n) is 10.2. The third kappa shape index (κ3) is 3.95. The van der Waals surface area contributed by atoms with Crippen molar-refractivity contribution in [1.29, 1.82) is 0 Å². The summed E-state index contributed by atoms with van der Waals surface area (Å²) in [4.78, 5) is 5.78. The van der Waals surface area contributed by atoms with Crippen LogP contribution in [-0.4, -0.2) is 11.1 Å². The van der Waals surface area contributed by atoms with Crippen molar-refractivity contribution < 1.29 is 0 Å². The van der Waals surface area contributed by atoms with E-state index < -0.39 is 0 Å². The van der Waals surface area contributed by atoms with Gasteiger partial charge in [-0.2, -0.15) is 0 Å². The fourth-order valence-corrected chi connectivity index (χ4v) is 2.75. The molecule has 0 aliphatic heterocycles. The summed E-state index contributed by atoms with van der Waals surface area (Å²) in [7, 11) is 0. The Kier molecular flexibility index (Phi) is 6.81. The monoisotopic (exact) mass is 260 g/mol. The molecular weight excluding hydrogens is 240 g/mol. The Morgan fingerprint density at radius 2 is 2.06 bits per heavy atom.